The highest BCUT2D eigenvalue weighted by molar-refractivity contribution is 8.18. The van der Waals surface area contributed by atoms with Crippen LogP contribution in [-0.2, 0) is 9.59 Å². The van der Waals surface area contributed by atoms with E-state index in [0.717, 1.165) is 11.3 Å². The Hall–Kier alpha value is -3.13. The second-order valence-electron chi connectivity index (χ2n) is 7.31. The van der Waals surface area contributed by atoms with E-state index in [1.807, 2.05) is 40.1 Å². The molecule has 3 aliphatic heterocycles. The summed E-state index contributed by atoms with van der Waals surface area (Å²) in [5.41, 5.74) is 2.58. The number of nitrogens with zero attached hydrogens (tertiary/aromatic N) is 4. The number of halogens is 1. The molecule has 3 aliphatic rings. The van der Waals surface area contributed by atoms with Gasteiger partial charge in [-0.2, -0.15) is 4.99 Å². The van der Waals surface area contributed by atoms with Crippen molar-refractivity contribution in [2.45, 2.75) is 0 Å². The quantitative estimate of drug-likeness (QED) is 0.662. The van der Waals surface area contributed by atoms with Crippen molar-refractivity contribution in [2.75, 3.05) is 43.0 Å². The number of carbonyl (C=O) groups is 2. The van der Waals surface area contributed by atoms with Crippen molar-refractivity contribution in [3.05, 3.63) is 64.8 Å². The normalized spacial score (nSPS) is 21.4. The third-order valence-electron chi connectivity index (χ3n) is 5.61. The van der Waals surface area contributed by atoms with Gasteiger partial charge in [-0.1, -0.05) is 30.3 Å². The zero-order valence-corrected chi connectivity index (χ0v) is 17.2. The van der Waals surface area contributed by atoms with Gasteiger partial charge in [0.15, 0.2) is 5.17 Å². The molecule has 1 saturated heterocycles. The van der Waals surface area contributed by atoms with E-state index in [9.17, 15) is 14.0 Å². The Kier molecular flexibility index (Phi) is 4.58. The van der Waals surface area contributed by atoms with Crippen LogP contribution in [0, 0.1) is 5.82 Å². The monoisotopic (exact) mass is 422 g/mol. The third kappa shape index (κ3) is 2.99. The maximum Gasteiger partial charge on any atom is 0.287 e. The molecule has 0 spiro atoms. The highest BCUT2D eigenvalue weighted by Crippen LogP contribution is 2.43. The molecule has 0 saturated carbocycles. The molecule has 0 unspecified atom stereocenters. The van der Waals surface area contributed by atoms with Crippen molar-refractivity contribution in [3.63, 3.8) is 0 Å². The number of thioether (sulfide) groups is 1. The summed E-state index contributed by atoms with van der Waals surface area (Å²) < 4.78 is 14.1. The van der Waals surface area contributed by atoms with E-state index in [0.29, 0.717) is 47.5 Å². The summed E-state index contributed by atoms with van der Waals surface area (Å²) in [6.07, 6.45) is 0. The molecular weight excluding hydrogens is 403 g/mol. The average Bonchev–Trinajstić information content (AvgIpc) is 3.26. The fourth-order valence-electron chi connectivity index (χ4n) is 4.02. The van der Waals surface area contributed by atoms with Crippen LogP contribution in [0.15, 0.2) is 58.4 Å². The molecule has 0 radical (unpaired) electrons. The number of hydrogen-bond donors (Lipinski definition) is 0. The first kappa shape index (κ1) is 18.9. The zero-order valence-electron chi connectivity index (χ0n) is 16.3. The van der Waals surface area contributed by atoms with Gasteiger partial charge in [-0.3, -0.25) is 9.59 Å². The van der Waals surface area contributed by atoms with Crippen molar-refractivity contribution in [1.82, 2.24) is 4.90 Å². The summed E-state index contributed by atoms with van der Waals surface area (Å²) in [5.74, 6) is -0.795. The Balaban J connectivity index is 1.35. The van der Waals surface area contributed by atoms with Crippen LogP contribution >= 0.6 is 11.8 Å². The average molecular weight is 422 g/mol. The van der Waals surface area contributed by atoms with E-state index in [4.69, 9.17) is 0 Å². The molecule has 1 fully saturated rings. The standard InChI is InChI=1S/C22H19FN4O2S/c1-25-16-8-4-2-6-14(16)18(21(25)29)19-20(28)24-22(30-19)27-12-10-26(11-13-27)17-9-5-3-7-15(17)23/h2-9H,10-13H2,1H3/b19-18-. The second-order valence-corrected chi connectivity index (χ2v) is 8.29. The van der Waals surface area contributed by atoms with Crippen molar-refractivity contribution < 1.29 is 14.0 Å². The Morgan fingerprint density at radius 3 is 2.27 bits per heavy atom. The molecule has 3 heterocycles. The Morgan fingerprint density at radius 2 is 1.53 bits per heavy atom. The lowest BCUT2D eigenvalue weighted by Gasteiger charge is -2.36. The largest absolute Gasteiger partial charge is 0.366 e. The maximum absolute atomic E-state index is 14.1. The number of rotatable bonds is 1. The predicted octanol–water partition coefficient (Wildman–Crippen LogP) is 2.96. The number of likely N-dealkylation sites (N-methyl/N-ethyl adjacent to an activating group) is 1. The molecule has 5 rings (SSSR count). The number of amides is 2. The van der Waals surface area contributed by atoms with E-state index < -0.39 is 0 Å². The van der Waals surface area contributed by atoms with E-state index in [2.05, 4.69) is 4.99 Å². The van der Waals surface area contributed by atoms with Crippen LogP contribution in [0.2, 0.25) is 0 Å². The van der Waals surface area contributed by atoms with Crippen LogP contribution in [0.1, 0.15) is 5.56 Å². The zero-order chi connectivity index (χ0) is 20.8. The van der Waals surface area contributed by atoms with E-state index in [1.54, 1.807) is 24.1 Å². The minimum Gasteiger partial charge on any atom is -0.366 e. The molecule has 6 nitrogen and oxygen atoms in total. The molecule has 0 N–H and O–H groups in total. The van der Waals surface area contributed by atoms with Gasteiger partial charge in [0.05, 0.1) is 21.9 Å². The third-order valence-corrected chi connectivity index (χ3v) is 6.72. The van der Waals surface area contributed by atoms with Gasteiger partial charge in [-0.25, -0.2) is 4.39 Å². The Bertz CT molecular complexity index is 1120. The van der Waals surface area contributed by atoms with Gasteiger partial charge in [0.25, 0.3) is 11.8 Å². The molecule has 2 aromatic rings. The van der Waals surface area contributed by atoms with Crippen LogP contribution in [0.5, 0.6) is 0 Å². The van der Waals surface area contributed by atoms with Gasteiger partial charge < -0.3 is 14.7 Å². The van der Waals surface area contributed by atoms with Crippen molar-refractivity contribution >= 4 is 45.7 Å². The second kappa shape index (κ2) is 7.28. The van der Waals surface area contributed by atoms with Crippen molar-refractivity contribution in [2.24, 2.45) is 4.99 Å². The molecule has 2 amide bonds. The number of piperazine rings is 1. The molecular formula is C22H19FN4O2S. The predicted molar refractivity (Wildman–Crippen MR) is 117 cm³/mol. The highest BCUT2D eigenvalue weighted by Gasteiger charge is 2.38. The summed E-state index contributed by atoms with van der Waals surface area (Å²) >= 11 is 1.26. The van der Waals surface area contributed by atoms with Crippen LogP contribution in [0.4, 0.5) is 15.8 Å². The van der Waals surface area contributed by atoms with Crippen molar-refractivity contribution in [1.29, 1.82) is 0 Å². The molecule has 0 aromatic heterocycles. The number of benzene rings is 2. The van der Waals surface area contributed by atoms with Crippen molar-refractivity contribution in [3.8, 4) is 0 Å². The Labute approximate surface area is 177 Å². The number of hydrogen-bond acceptors (Lipinski definition) is 5. The molecule has 0 bridgehead atoms. The number of carbonyl (C=O) groups excluding carboxylic acids is 2. The topological polar surface area (TPSA) is 56.2 Å². The lowest BCUT2D eigenvalue weighted by atomic mass is 10.1. The lowest BCUT2D eigenvalue weighted by Crippen LogP contribution is -2.48. The number of anilines is 2. The molecule has 0 aliphatic carbocycles. The summed E-state index contributed by atoms with van der Waals surface area (Å²) in [6, 6.07) is 14.2. The van der Waals surface area contributed by atoms with Crippen LogP contribution in [0.25, 0.3) is 5.57 Å². The Morgan fingerprint density at radius 1 is 0.900 bits per heavy atom. The minimum absolute atomic E-state index is 0.187. The van der Waals surface area contributed by atoms with E-state index >= 15 is 0 Å². The van der Waals surface area contributed by atoms with E-state index in [-0.39, 0.29) is 17.6 Å². The van der Waals surface area contributed by atoms with Gasteiger partial charge in [-0.15, -0.1) is 0 Å². The minimum atomic E-state index is -0.375. The van der Waals surface area contributed by atoms with Gasteiger partial charge in [0.2, 0.25) is 0 Å². The van der Waals surface area contributed by atoms with Gasteiger partial charge in [0, 0.05) is 38.8 Å². The fourth-order valence-corrected chi connectivity index (χ4v) is 5.08. The van der Waals surface area contributed by atoms with Crippen LogP contribution in [0.3, 0.4) is 0 Å². The van der Waals surface area contributed by atoms with Crippen LogP contribution in [-0.4, -0.2) is 55.1 Å². The fraction of sp³-hybridized carbons (Fsp3) is 0.227. The van der Waals surface area contributed by atoms with Gasteiger partial charge >= 0.3 is 0 Å². The summed E-state index contributed by atoms with van der Waals surface area (Å²) in [7, 11) is 1.71. The molecule has 2 aromatic carbocycles. The summed E-state index contributed by atoms with van der Waals surface area (Å²) in [4.78, 5) is 35.7. The first-order chi connectivity index (χ1) is 14.5. The summed E-state index contributed by atoms with van der Waals surface area (Å²) in [6.45, 7) is 2.51. The first-order valence-corrected chi connectivity index (χ1v) is 10.5. The smallest absolute Gasteiger partial charge is 0.287 e. The number of para-hydroxylation sites is 2. The lowest BCUT2D eigenvalue weighted by molar-refractivity contribution is -0.115. The van der Waals surface area contributed by atoms with Crippen LogP contribution < -0.4 is 9.80 Å². The first-order valence-electron chi connectivity index (χ1n) is 9.71. The highest BCUT2D eigenvalue weighted by atomic mass is 32.2. The number of aliphatic imine (C=N–C) groups is 1. The van der Waals surface area contributed by atoms with Gasteiger partial charge in [0.1, 0.15) is 5.82 Å². The van der Waals surface area contributed by atoms with E-state index in [1.165, 1.54) is 17.8 Å². The van der Waals surface area contributed by atoms with Gasteiger partial charge in [-0.05, 0) is 30.0 Å². The maximum atomic E-state index is 14.1. The molecule has 8 heteroatoms. The molecule has 152 valence electrons. The molecule has 0 atom stereocenters. The molecule has 30 heavy (non-hydrogen) atoms. The number of amidine groups is 1. The number of fused-ring (bicyclic) bond motifs is 1. The summed E-state index contributed by atoms with van der Waals surface area (Å²) in [5, 5.41) is 0.607. The SMILES string of the molecule is CN1C(=O)/C(=C2\SC(N3CCN(c4ccccc4F)CC3)=NC2=O)c2ccccc21.